The molecule has 0 spiro atoms. The van der Waals surface area contributed by atoms with Crippen molar-refractivity contribution in [3.05, 3.63) is 34.3 Å². The zero-order valence-corrected chi connectivity index (χ0v) is 11.7. The van der Waals surface area contributed by atoms with Crippen LogP contribution in [0.15, 0.2) is 28.7 Å². The van der Waals surface area contributed by atoms with Crippen molar-refractivity contribution in [1.82, 2.24) is 0 Å². The summed E-state index contributed by atoms with van der Waals surface area (Å²) >= 11 is 3.41. The Balaban J connectivity index is 3.26. The van der Waals surface area contributed by atoms with E-state index in [0.29, 0.717) is 6.42 Å². The molecule has 1 aromatic rings. The van der Waals surface area contributed by atoms with E-state index < -0.39 is 11.4 Å². The number of benzene rings is 1. The molecule has 0 aliphatic rings. The second-order valence-corrected chi connectivity index (χ2v) is 5.29. The summed E-state index contributed by atoms with van der Waals surface area (Å²) in [5, 5.41) is 9.09. The van der Waals surface area contributed by atoms with Crippen molar-refractivity contribution >= 4 is 21.9 Å². The lowest BCUT2D eigenvalue weighted by Crippen LogP contribution is -2.44. The maximum absolute atomic E-state index is 11.1. The topological polar surface area (TPSA) is 63.3 Å². The van der Waals surface area contributed by atoms with Crippen molar-refractivity contribution in [2.45, 2.75) is 38.1 Å². The first-order valence-corrected chi connectivity index (χ1v) is 6.45. The van der Waals surface area contributed by atoms with Crippen LogP contribution in [0.4, 0.5) is 0 Å². The van der Waals surface area contributed by atoms with Crippen molar-refractivity contribution in [2.75, 3.05) is 0 Å². The Hall–Kier alpha value is -0.870. The summed E-state index contributed by atoms with van der Waals surface area (Å²) in [4.78, 5) is 11.1. The monoisotopic (exact) mass is 299 g/mol. The molecule has 3 nitrogen and oxygen atoms in total. The van der Waals surface area contributed by atoms with Crippen LogP contribution in [0.25, 0.3) is 0 Å². The van der Waals surface area contributed by atoms with E-state index in [1.54, 1.807) is 0 Å². The summed E-state index contributed by atoms with van der Waals surface area (Å²) in [7, 11) is 0. The Morgan fingerprint density at radius 2 is 2.24 bits per heavy atom. The Kier molecular flexibility index (Phi) is 4.71. The van der Waals surface area contributed by atoms with Crippen molar-refractivity contribution < 1.29 is 9.90 Å². The Bertz CT molecular complexity index is 406. The molecule has 1 rings (SSSR count). The van der Waals surface area contributed by atoms with Gasteiger partial charge in [-0.25, -0.2) is 0 Å². The molecule has 3 N–H and O–H groups in total. The van der Waals surface area contributed by atoms with Crippen LogP contribution in [-0.4, -0.2) is 17.1 Å². The molecule has 0 fully saturated rings. The second kappa shape index (κ2) is 5.65. The predicted octanol–water partition coefficient (Wildman–Crippen LogP) is 2.92. The first-order chi connectivity index (χ1) is 7.92. The average molecular weight is 300 g/mol. The quantitative estimate of drug-likeness (QED) is 0.879. The normalized spacial score (nSPS) is 16.2. The number of halogens is 1. The van der Waals surface area contributed by atoms with E-state index >= 15 is 0 Å². The van der Waals surface area contributed by atoms with E-state index in [0.717, 1.165) is 10.0 Å². The summed E-state index contributed by atoms with van der Waals surface area (Å²) in [6.07, 6.45) is 0.755. The number of aliphatic carboxylic acids is 1. The second-order valence-electron chi connectivity index (χ2n) is 4.38. The van der Waals surface area contributed by atoms with Gasteiger partial charge in [0.15, 0.2) is 0 Å². The van der Waals surface area contributed by atoms with Gasteiger partial charge in [-0.2, -0.15) is 0 Å². The maximum Gasteiger partial charge on any atom is 0.304 e. The molecule has 4 heteroatoms. The smallest absolute Gasteiger partial charge is 0.304 e. The molecule has 17 heavy (non-hydrogen) atoms. The lowest BCUT2D eigenvalue weighted by atomic mass is 9.70. The first-order valence-electron chi connectivity index (χ1n) is 5.66. The Morgan fingerprint density at radius 1 is 1.59 bits per heavy atom. The zero-order valence-electron chi connectivity index (χ0n) is 10.1. The van der Waals surface area contributed by atoms with Gasteiger partial charge >= 0.3 is 5.97 Å². The fourth-order valence-electron chi connectivity index (χ4n) is 2.25. The van der Waals surface area contributed by atoms with Gasteiger partial charge in [0.2, 0.25) is 0 Å². The minimum atomic E-state index is -0.816. The van der Waals surface area contributed by atoms with Crippen LogP contribution in [0.1, 0.15) is 32.3 Å². The minimum absolute atomic E-state index is 0.0532. The molecule has 94 valence electrons. The highest BCUT2D eigenvalue weighted by atomic mass is 79.9. The highest BCUT2D eigenvalue weighted by Gasteiger charge is 2.36. The van der Waals surface area contributed by atoms with Crippen LogP contribution in [0.5, 0.6) is 0 Å². The summed E-state index contributed by atoms with van der Waals surface area (Å²) in [6, 6.07) is 7.52. The zero-order chi connectivity index (χ0) is 13.1. The van der Waals surface area contributed by atoms with Gasteiger partial charge in [0.25, 0.3) is 0 Å². The third-order valence-corrected chi connectivity index (χ3v) is 3.86. The third-order valence-electron chi connectivity index (χ3n) is 3.37. The van der Waals surface area contributed by atoms with E-state index in [4.69, 9.17) is 10.8 Å². The van der Waals surface area contributed by atoms with Gasteiger partial charge in [-0.3, -0.25) is 4.79 Å². The molecule has 1 aromatic carbocycles. The summed E-state index contributed by atoms with van der Waals surface area (Å²) in [6.45, 7) is 3.85. The van der Waals surface area contributed by atoms with Crippen LogP contribution in [0.3, 0.4) is 0 Å². The number of hydrogen-bond donors (Lipinski definition) is 2. The first kappa shape index (κ1) is 14.2. The Labute approximate surface area is 110 Å². The fraction of sp³-hybridized carbons (Fsp3) is 0.462. The molecule has 0 heterocycles. The maximum atomic E-state index is 11.1. The average Bonchev–Trinajstić information content (AvgIpc) is 2.25. The lowest BCUT2D eigenvalue weighted by Gasteiger charge is -2.36. The van der Waals surface area contributed by atoms with Gasteiger partial charge in [0.1, 0.15) is 0 Å². The van der Waals surface area contributed by atoms with Gasteiger partial charge in [0.05, 0.1) is 6.42 Å². The molecule has 0 saturated heterocycles. The third kappa shape index (κ3) is 3.07. The summed E-state index contributed by atoms with van der Waals surface area (Å²) in [5.41, 5.74) is 6.51. The molecule has 0 saturated carbocycles. The molecule has 0 bridgehead atoms. The highest BCUT2D eigenvalue weighted by Crippen LogP contribution is 2.35. The van der Waals surface area contributed by atoms with Crippen LogP contribution in [0.2, 0.25) is 0 Å². The van der Waals surface area contributed by atoms with Crippen molar-refractivity contribution in [2.24, 2.45) is 5.73 Å². The summed E-state index contributed by atoms with van der Waals surface area (Å²) in [5.74, 6) is -0.816. The number of hydrogen-bond acceptors (Lipinski definition) is 2. The fourth-order valence-corrected chi connectivity index (χ4v) is 2.64. The van der Waals surface area contributed by atoms with Crippen molar-refractivity contribution in [3.63, 3.8) is 0 Å². The number of nitrogens with two attached hydrogens (primary N) is 1. The molecule has 0 aliphatic carbocycles. The van der Waals surface area contributed by atoms with E-state index in [9.17, 15) is 4.79 Å². The largest absolute Gasteiger partial charge is 0.481 e. The van der Waals surface area contributed by atoms with E-state index in [1.165, 1.54) is 0 Å². The molecule has 2 atom stereocenters. The van der Waals surface area contributed by atoms with Gasteiger partial charge in [-0.1, -0.05) is 35.0 Å². The molecular weight excluding hydrogens is 282 g/mol. The van der Waals surface area contributed by atoms with Crippen LogP contribution >= 0.6 is 15.9 Å². The van der Waals surface area contributed by atoms with Gasteiger partial charge in [-0.15, -0.1) is 0 Å². The molecule has 0 aromatic heterocycles. The minimum Gasteiger partial charge on any atom is -0.481 e. The number of carboxylic acids is 1. The number of rotatable bonds is 5. The Morgan fingerprint density at radius 3 is 2.65 bits per heavy atom. The number of carboxylic acid groups (broad SMARTS) is 1. The van der Waals surface area contributed by atoms with Gasteiger partial charge in [-0.05, 0) is 31.0 Å². The SMILES string of the molecule is CCC(CC(=O)O)(c1cccc(Br)c1)C(C)N. The van der Waals surface area contributed by atoms with Gasteiger partial charge in [0, 0.05) is 15.9 Å². The van der Waals surface area contributed by atoms with Crippen LogP contribution in [-0.2, 0) is 10.2 Å². The standard InChI is InChI=1S/C13H18BrNO2/c1-3-13(9(2)15,8-12(16)17)10-5-4-6-11(14)7-10/h4-7,9H,3,8,15H2,1-2H3,(H,16,17). The van der Waals surface area contributed by atoms with Crippen molar-refractivity contribution in [3.8, 4) is 0 Å². The highest BCUT2D eigenvalue weighted by molar-refractivity contribution is 9.10. The summed E-state index contributed by atoms with van der Waals surface area (Å²) < 4.78 is 0.943. The molecule has 0 amide bonds. The van der Waals surface area contributed by atoms with E-state index in [1.807, 2.05) is 38.1 Å². The molecule has 2 unspecified atom stereocenters. The predicted molar refractivity (Wildman–Crippen MR) is 72.0 cm³/mol. The van der Waals surface area contributed by atoms with Crippen LogP contribution < -0.4 is 5.73 Å². The van der Waals surface area contributed by atoms with Gasteiger partial charge < -0.3 is 10.8 Å². The van der Waals surface area contributed by atoms with E-state index in [-0.39, 0.29) is 12.5 Å². The molecule has 0 aliphatic heterocycles. The molecular formula is C13H18BrNO2. The molecule has 0 radical (unpaired) electrons. The van der Waals surface area contributed by atoms with Crippen LogP contribution in [0, 0.1) is 0 Å². The van der Waals surface area contributed by atoms with E-state index in [2.05, 4.69) is 15.9 Å². The van der Waals surface area contributed by atoms with Crippen molar-refractivity contribution in [1.29, 1.82) is 0 Å². The lowest BCUT2D eigenvalue weighted by molar-refractivity contribution is -0.138. The number of carbonyl (C=O) groups is 1.